The lowest BCUT2D eigenvalue weighted by Crippen LogP contribution is -2.27. The summed E-state index contributed by atoms with van der Waals surface area (Å²) in [7, 11) is 0. The minimum absolute atomic E-state index is 0.0432. The van der Waals surface area contributed by atoms with E-state index < -0.39 is 11.7 Å². The number of hydrogen-bond acceptors (Lipinski definition) is 3. The van der Waals surface area contributed by atoms with Crippen molar-refractivity contribution in [3.8, 4) is 0 Å². The Morgan fingerprint density at radius 3 is 2.62 bits per heavy atom. The van der Waals surface area contributed by atoms with Crippen molar-refractivity contribution in [2.75, 3.05) is 12.3 Å². The molecule has 0 aliphatic heterocycles. The smallest absolute Gasteiger partial charge is 0.355 e. The topological polar surface area (TPSA) is 42.0 Å². The monoisotopic (exact) mass is 358 g/mol. The molecule has 0 saturated carbocycles. The number of halogens is 4. The van der Waals surface area contributed by atoms with Crippen LogP contribution in [0.15, 0.2) is 47.6 Å². The SMILES string of the molecule is O=C(CSc1ccc(C(F)(F)F)cn1)NCCc1cccc(F)c1. The fraction of sp³-hybridized carbons (Fsp3) is 0.250. The molecule has 0 unspecified atom stereocenters. The van der Waals surface area contributed by atoms with E-state index in [1.165, 1.54) is 18.2 Å². The van der Waals surface area contributed by atoms with Gasteiger partial charge in [-0.1, -0.05) is 23.9 Å². The third-order valence-corrected chi connectivity index (χ3v) is 3.98. The second-order valence-electron chi connectivity index (χ2n) is 4.90. The van der Waals surface area contributed by atoms with Crippen molar-refractivity contribution >= 4 is 17.7 Å². The van der Waals surface area contributed by atoms with Gasteiger partial charge in [0.1, 0.15) is 5.82 Å². The standard InChI is InChI=1S/C16H14F4N2OS/c17-13-3-1-2-11(8-13)6-7-21-14(23)10-24-15-5-4-12(9-22-15)16(18,19)20/h1-5,8-9H,6-7,10H2,(H,21,23). The van der Waals surface area contributed by atoms with Gasteiger partial charge in [0.05, 0.1) is 16.3 Å². The molecule has 0 atom stereocenters. The molecular weight excluding hydrogens is 344 g/mol. The molecule has 2 rings (SSSR count). The van der Waals surface area contributed by atoms with E-state index in [0.29, 0.717) is 18.0 Å². The lowest BCUT2D eigenvalue weighted by Gasteiger charge is -2.07. The van der Waals surface area contributed by atoms with Crippen molar-refractivity contribution in [3.63, 3.8) is 0 Å². The van der Waals surface area contributed by atoms with E-state index in [1.54, 1.807) is 12.1 Å². The van der Waals surface area contributed by atoms with E-state index in [1.807, 2.05) is 0 Å². The van der Waals surface area contributed by atoms with Crippen LogP contribution in [-0.2, 0) is 17.4 Å². The molecule has 0 spiro atoms. The Labute approximate surface area is 140 Å². The van der Waals surface area contributed by atoms with E-state index >= 15 is 0 Å². The molecule has 1 N–H and O–H groups in total. The lowest BCUT2D eigenvalue weighted by molar-refractivity contribution is -0.137. The van der Waals surface area contributed by atoms with Gasteiger partial charge >= 0.3 is 6.18 Å². The third kappa shape index (κ3) is 5.84. The largest absolute Gasteiger partial charge is 0.417 e. The molecule has 1 aromatic heterocycles. The third-order valence-electron chi connectivity index (χ3n) is 3.04. The molecule has 24 heavy (non-hydrogen) atoms. The number of thioether (sulfide) groups is 1. The normalized spacial score (nSPS) is 11.3. The minimum atomic E-state index is -4.43. The minimum Gasteiger partial charge on any atom is -0.355 e. The number of nitrogens with zero attached hydrogens (tertiary/aromatic N) is 1. The molecule has 0 aliphatic carbocycles. The van der Waals surface area contributed by atoms with Crippen LogP contribution in [0.2, 0.25) is 0 Å². The van der Waals surface area contributed by atoms with Crippen LogP contribution in [0.25, 0.3) is 0 Å². The highest BCUT2D eigenvalue weighted by molar-refractivity contribution is 7.99. The van der Waals surface area contributed by atoms with Crippen LogP contribution >= 0.6 is 11.8 Å². The summed E-state index contributed by atoms with van der Waals surface area (Å²) in [5.41, 5.74) is -0.0567. The van der Waals surface area contributed by atoms with Gasteiger partial charge in [-0.15, -0.1) is 0 Å². The molecule has 1 aromatic carbocycles. The van der Waals surface area contributed by atoms with Gasteiger partial charge in [0.15, 0.2) is 0 Å². The van der Waals surface area contributed by atoms with Crippen molar-refractivity contribution in [1.29, 1.82) is 0 Å². The van der Waals surface area contributed by atoms with Crippen LogP contribution in [0.1, 0.15) is 11.1 Å². The number of carbonyl (C=O) groups is 1. The second-order valence-corrected chi connectivity index (χ2v) is 5.90. The number of benzene rings is 1. The molecule has 1 heterocycles. The molecule has 0 bridgehead atoms. The van der Waals surface area contributed by atoms with E-state index in [9.17, 15) is 22.4 Å². The van der Waals surface area contributed by atoms with E-state index in [2.05, 4.69) is 10.3 Å². The van der Waals surface area contributed by atoms with Gasteiger partial charge in [-0.25, -0.2) is 9.37 Å². The van der Waals surface area contributed by atoms with Crippen molar-refractivity contribution < 1.29 is 22.4 Å². The van der Waals surface area contributed by atoms with Gasteiger partial charge in [0, 0.05) is 12.7 Å². The highest BCUT2D eigenvalue weighted by Crippen LogP contribution is 2.29. The summed E-state index contributed by atoms with van der Waals surface area (Å²) >= 11 is 1.05. The summed E-state index contributed by atoms with van der Waals surface area (Å²) in [6.07, 6.45) is -3.19. The van der Waals surface area contributed by atoms with E-state index in [-0.39, 0.29) is 17.5 Å². The van der Waals surface area contributed by atoms with Crippen molar-refractivity contribution in [2.45, 2.75) is 17.6 Å². The molecule has 0 saturated heterocycles. The van der Waals surface area contributed by atoms with Crippen LogP contribution in [0.3, 0.4) is 0 Å². The van der Waals surface area contributed by atoms with E-state index in [4.69, 9.17) is 0 Å². The predicted octanol–water partition coefficient (Wildman–Crippen LogP) is 3.69. The van der Waals surface area contributed by atoms with Gasteiger partial charge in [-0.05, 0) is 36.2 Å². The number of amides is 1. The number of pyridine rings is 1. The number of hydrogen-bond donors (Lipinski definition) is 1. The fourth-order valence-electron chi connectivity index (χ4n) is 1.86. The number of nitrogens with one attached hydrogen (secondary N) is 1. The Hall–Kier alpha value is -2.09. The highest BCUT2D eigenvalue weighted by Gasteiger charge is 2.30. The first-order chi connectivity index (χ1) is 11.3. The summed E-state index contributed by atoms with van der Waals surface area (Å²) < 4.78 is 50.2. The first kappa shape index (κ1) is 18.3. The number of alkyl halides is 3. The number of carbonyl (C=O) groups excluding carboxylic acids is 1. The lowest BCUT2D eigenvalue weighted by atomic mass is 10.1. The Morgan fingerprint density at radius 2 is 2.00 bits per heavy atom. The summed E-state index contributed by atoms with van der Waals surface area (Å²) in [5.74, 6) is -0.553. The van der Waals surface area contributed by atoms with Crippen LogP contribution in [0.5, 0.6) is 0 Å². The molecule has 128 valence electrons. The number of aromatic nitrogens is 1. The number of rotatable bonds is 6. The molecule has 8 heteroatoms. The maximum absolute atomic E-state index is 13.0. The van der Waals surface area contributed by atoms with E-state index in [0.717, 1.165) is 29.6 Å². The average Bonchev–Trinajstić information content (AvgIpc) is 2.52. The van der Waals surface area contributed by atoms with Gasteiger partial charge in [-0.3, -0.25) is 4.79 Å². The average molecular weight is 358 g/mol. The Kier molecular flexibility index (Phi) is 6.19. The molecule has 2 aromatic rings. The van der Waals surface area contributed by atoms with Gasteiger partial charge in [-0.2, -0.15) is 13.2 Å². The van der Waals surface area contributed by atoms with Crippen LogP contribution in [0.4, 0.5) is 17.6 Å². The van der Waals surface area contributed by atoms with Crippen molar-refractivity contribution in [2.24, 2.45) is 0 Å². The Morgan fingerprint density at radius 1 is 1.21 bits per heavy atom. The zero-order valence-corrected chi connectivity index (χ0v) is 13.3. The summed E-state index contributed by atoms with van der Waals surface area (Å²) in [6.45, 7) is 0.350. The maximum atomic E-state index is 13.0. The Bertz CT molecular complexity index is 689. The van der Waals surface area contributed by atoms with Gasteiger partial charge in [0.2, 0.25) is 5.91 Å². The van der Waals surface area contributed by atoms with Gasteiger partial charge < -0.3 is 5.32 Å². The molecule has 0 radical (unpaired) electrons. The Balaban J connectivity index is 1.73. The fourth-order valence-corrected chi connectivity index (χ4v) is 2.54. The second kappa shape index (κ2) is 8.14. The summed E-state index contributed by atoms with van der Waals surface area (Å²) in [4.78, 5) is 15.4. The van der Waals surface area contributed by atoms with Gasteiger partial charge in [0.25, 0.3) is 0 Å². The summed E-state index contributed by atoms with van der Waals surface area (Å²) in [5, 5.41) is 3.00. The maximum Gasteiger partial charge on any atom is 0.417 e. The molecule has 0 fully saturated rings. The molecule has 1 amide bonds. The first-order valence-electron chi connectivity index (χ1n) is 7.02. The van der Waals surface area contributed by atoms with Crippen LogP contribution < -0.4 is 5.32 Å². The van der Waals surface area contributed by atoms with Crippen molar-refractivity contribution in [1.82, 2.24) is 10.3 Å². The summed E-state index contributed by atoms with van der Waals surface area (Å²) in [6, 6.07) is 8.25. The molecular formula is C16H14F4N2OS. The first-order valence-corrected chi connectivity index (χ1v) is 8.00. The van der Waals surface area contributed by atoms with Crippen LogP contribution in [0, 0.1) is 5.82 Å². The highest BCUT2D eigenvalue weighted by atomic mass is 32.2. The zero-order valence-electron chi connectivity index (χ0n) is 12.4. The predicted molar refractivity (Wildman–Crippen MR) is 83.1 cm³/mol. The zero-order chi connectivity index (χ0) is 17.6. The molecule has 0 aliphatic rings. The van der Waals surface area contributed by atoms with Crippen molar-refractivity contribution in [3.05, 3.63) is 59.5 Å². The molecule has 3 nitrogen and oxygen atoms in total. The van der Waals surface area contributed by atoms with Crippen LogP contribution in [-0.4, -0.2) is 23.2 Å². The quantitative estimate of drug-likeness (QED) is 0.633.